The molecule has 2 N–H and O–H groups in total. The lowest BCUT2D eigenvalue weighted by atomic mass is 10.1. The average Bonchev–Trinajstić information content (AvgIpc) is 2.67. The zero-order chi connectivity index (χ0) is 9.80. The van der Waals surface area contributed by atoms with Gasteiger partial charge in [0.25, 0.3) is 0 Å². The second kappa shape index (κ2) is 4.91. The Labute approximate surface area is 89.7 Å². The highest BCUT2D eigenvalue weighted by atomic mass is 32.1. The Bertz CT molecular complexity index is 277. The van der Waals surface area contributed by atoms with Gasteiger partial charge in [-0.05, 0) is 42.9 Å². The van der Waals surface area contributed by atoms with E-state index in [-0.39, 0.29) is 0 Å². The van der Waals surface area contributed by atoms with E-state index in [1.807, 2.05) is 11.3 Å². The molecule has 1 aromatic rings. The molecule has 2 heterocycles. The van der Waals surface area contributed by atoms with Crippen molar-refractivity contribution in [3.8, 4) is 0 Å². The summed E-state index contributed by atoms with van der Waals surface area (Å²) in [5, 5.41) is 2.18. The van der Waals surface area contributed by atoms with Crippen LogP contribution in [0.3, 0.4) is 0 Å². The molecule has 78 valence electrons. The van der Waals surface area contributed by atoms with E-state index in [9.17, 15) is 0 Å². The molecule has 0 aromatic carbocycles. The van der Waals surface area contributed by atoms with Gasteiger partial charge in [0, 0.05) is 18.0 Å². The standard InChI is InChI=1S/C11H18N2S/c12-7-10-6-11(14-9-10)8-13-4-2-1-3-5-13/h6,9H,1-5,7-8,12H2. The van der Waals surface area contributed by atoms with Gasteiger partial charge in [-0.2, -0.15) is 0 Å². The van der Waals surface area contributed by atoms with E-state index >= 15 is 0 Å². The first-order valence-corrected chi connectivity index (χ1v) is 6.25. The molecule has 1 saturated heterocycles. The third-order valence-electron chi connectivity index (χ3n) is 2.77. The van der Waals surface area contributed by atoms with Crippen molar-refractivity contribution < 1.29 is 0 Å². The van der Waals surface area contributed by atoms with Crippen molar-refractivity contribution in [2.75, 3.05) is 13.1 Å². The number of nitrogens with zero attached hydrogens (tertiary/aromatic N) is 1. The normalized spacial score (nSPS) is 18.6. The highest BCUT2D eigenvalue weighted by molar-refractivity contribution is 7.10. The Kier molecular flexibility index (Phi) is 3.56. The minimum atomic E-state index is 0.677. The molecule has 0 amide bonds. The van der Waals surface area contributed by atoms with E-state index in [4.69, 9.17) is 5.73 Å². The van der Waals surface area contributed by atoms with Gasteiger partial charge in [0.1, 0.15) is 0 Å². The topological polar surface area (TPSA) is 29.3 Å². The SMILES string of the molecule is NCc1csc(CN2CCCCC2)c1. The molecule has 14 heavy (non-hydrogen) atoms. The summed E-state index contributed by atoms with van der Waals surface area (Å²) in [6.45, 7) is 4.35. The second-order valence-corrected chi connectivity index (χ2v) is 4.96. The number of piperidine rings is 1. The van der Waals surface area contributed by atoms with Crippen LogP contribution >= 0.6 is 11.3 Å². The van der Waals surface area contributed by atoms with Crippen LogP contribution in [0, 0.1) is 0 Å². The Hall–Kier alpha value is -0.380. The second-order valence-electron chi connectivity index (χ2n) is 3.96. The van der Waals surface area contributed by atoms with E-state index in [0.29, 0.717) is 6.54 Å². The van der Waals surface area contributed by atoms with Crippen molar-refractivity contribution in [1.29, 1.82) is 0 Å². The highest BCUT2D eigenvalue weighted by Gasteiger charge is 2.11. The Morgan fingerprint density at radius 3 is 2.71 bits per heavy atom. The molecule has 0 bridgehead atoms. The van der Waals surface area contributed by atoms with E-state index in [2.05, 4.69) is 16.3 Å². The molecule has 2 nitrogen and oxygen atoms in total. The van der Waals surface area contributed by atoms with Gasteiger partial charge in [0.05, 0.1) is 0 Å². The van der Waals surface area contributed by atoms with Crippen LogP contribution in [0.2, 0.25) is 0 Å². The van der Waals surface area contributed by atoms with Gasteiger partial charge >= 0.3 is 0 Å². The molecule has 1 aromatic heterocycles. The molecule has 0 atom stereocenters. The molecule has 0 spiro atoms. The smallest absolute Gasteiger partial charge is 0.0328 e. The monoisotopic (exact) mass is 210 g/mol. The van der Waals surface area contributed by atoms with Crippen molar-refractivity contribution in [1.82, 2.24) is 4.90 Å². The fourth-order valence-electron chi connectivity index (χ4n) is 1.95. The number of hydrogen-bond donors (Lipinski definition) is 1. The van der Waals surface area contributed by atoms with Crippen LogP contribution in [0.5, 0.6) is 0 Å². The summed E-state index contributed by atoms with van der Waals surface area (Å²) in [5.41, 5.74) is 6.87. The fraction of sp³-hybridized carbons (Fsp3) is 0.636. The third-order valence-corrected chi connectivity index (χ3v) is 3.74. The molecule has 3 heteroatoms. The predicted molar refractivity (Wildman–Crippen MR) is 61.3 cm³/mol. The van der Waals surface area contributed by atoms with Gasteiger partial charge in [0.15, 0.2) is 0 Å². The maximum Gasteiger partial charge on any atom is 0.0328 e. The number of likely N-dealkylation sites (tertiary alicyclic amines) is 1. The fourth-order valence-corrected chi connectivity index (χ4v) is 2.90. The number of rotatable bonds is 3. The highest BCUT2D eigenvalue weighted by Crippen LogP contribution is 2.18. The number of nitrogens with two attached hydrogens (primary N) is 1. The van der Waals surface area contributed by atoms with Crippen LogP contribution in [0.4, 0.5) is 0 Å². The van der Waals surface area contributed by atoms with E-state index < -0.39 is 0 Å². The zero-order valence-electron chi connectivity index (χ0n) is 8.54. The summed E-state index contributed by atoms with van der Waals surface area (Å²) in [6.07, 6.45) is 4.15. The van der Waals surface area contributed by atoms with Crippen molar-refractivity contribution >= 4 is 11.3 Å². The molecule has 0 aliphatic carbocycles. The van der Waals surface area contributed by atoms with Gasteiger partial charge in [-0.25, -0.2) is 0 Å². The summed E-state index contributed by atoms with van der Waals surface area (Å²) in [5.74, 6) is 0. The molecule has 1 aliphatic rings. The van der Waals surface area contributed by atoms with Crippen molar-refractivity contribution in [2.24, 2.45) is 5.73 Å². The first kappa shape index (κ1) is 10.1. The minimum Gasteiger partial charge on any atom is -0.326 e. The largest absolute Gasteiger partial charge is 0.326 e. The van der Waals surface area contributed by atoms with Gasteiger partial charge in [-0.1, -0.05) is 6.42 Å². The minimum absolute atomic E-state index is 0.677. The third kappa shape index (κ3) is 2.56. The summed E-state index contributed by atoms with van der Waals surface area (Å²) < 4.78 is 0. The van der Waals surface area contributed by atoms with Crippen molar-refractivity contribution in [3.63, 3.8) is 0 Å². The summed E-state index contributed by atoms with van der Waals surface area (Å²) in [4.78, 5) is 4.02. The van der Waals surface area contributed by atoms with Crippen LogP contribution in [0.25, 0.3) is 0 Å². The van der Waals surface area contributed by atoms with E-state index in [1.54, 1.807) is 0 Å². The first-order valence-electron chi connectivity index (χ1n) is 5.37. The number of hydrogen-bond acceptors (Lipinski definition) is 3. The Morgan fingerprint density at radius 1 is 1.29 bits per heavy atom. The predicted octanol–water partition coefficient (Wildman–Crippen LogP) is 2.19. The first-order chi connectivity index (χ1) is 6.88. The molecule has 2 rings (SSSR count). The lowest BCUT2D eigenvalue weighted by Gasteiger charge is -2.25. The van der Waals surface area contributed by atoms with E-state index in [1.165, 1.54) is 42.8 Å². The Balaban J connectivity index is 1.89. The van der Waals surface area contributed by atoms with Crippen LogP contribution < -0.4 is 5.73 Å². The lowest BCUT2D eigenvalue weighted by molar-refractivity contribution is 0.222. The van der Waals surface area contributed by atoms with Gasteiger partial charge in [-0.15, -0.1) is 11.3 Å². The quantitative estimate of drug-likeness (QED) is 0.828. The summed E-state index contributed by atoms with van der Waals surface area (Å²) in [7, 11) is 0. The van der Waals surface area contributed by atoms with Crippen LogP contribution in [0.15, 0.2) is 11.4 Å². The van der Waals surface area contributed by atoms with Crippen molar-refractivity contribution in [3.05, 3.63) is 21.9 Å². The van der Waals surface area contributed by atoms with Crippen LogP contribution in [-0.4, -0.2) is 18.0 Å². The Morgan fingerprint density at radius 2 is 2.07 bits per heavy atom. The molecular weight excluding hydrogens is 192 g/mol. The summed E-state index contributed by atoms with van der Waals surface area (Å²) in [6, 6.07) is 2.25. The van der Waals surface area contributed by atoms with Crippen LogP contribution in [-0.2, 0) is 13.1 Å². The molecule has 1 aliphatic heterocycles. The van der Waals surface area contributed by atoms with Gasteiger partial charge < -0.3 is 5.73 Å². The molecule has 0 saturated carbocycles. The molecule has 0 radical (unpaired) electrons. The molecule has 0 unspecified atom stereocenters. The van der Waals surface area contributed by atoms with Gasteiger partial charge in [-0.3, -0.25) is 4.90 Å². The van der Waals surface area contributed by atoms with Crippen LogP contribution in [0.1, 0.15) is 29.7 Å². The maximum absolute atomic E-state index is 5.59. The molecule has 1 fully saturated rings. The van der Waals surface area contributed by atoms with Gasteiger partial charge in [0.2, 0.25) is 0 Å². The maximum atomic E-state index is 5.59. The zero-order valence-corrected chi connectivity index (χ0v) is 9.35. The van der Waals surface area contributed by atoms with E-state index in [0.717, 1.165) is 6.54 Å². The molecular formula is C11H18N2S. The summed E-state index contributed by atoms with van der Waals surface area (Å²) >= 11 is 1.85. The number of thiophene rings is 1. The average molecular weight is 210 g/mol. The lowest BCUT2D eigenvalue weighted by Crippen LogP contribution is -2.28. The van der Waals surface area contributed by atoms with Crippen molar-refractivity contribution in [2.45, 2.75) is 32.4 Å².